The Hall–Kier alpha value is -0.113. The summed E-state index contributed by atoms with van der Waals surface area (Å²) in [7, 11) is -1.31. The van der Waals surface area contributed by atoms with Gasteiger partial charge in [0.1, 0.15) is 7.38 Å². The first-order valence-corrected chi connectivity index (χ1v) is 13.5. The predicted octanol–water partition coefficient (Wildman–Crippen LogP) is 6.84. The molecule has 130 valence electrons. The fourth-order valence-electron chi connectivity index (χ4n) is 2.73. The van der Waals surface area contributed by atoms with Crippen molar-refractivity contribution in [2.75, 3.05) is 6.54 Å². The maximum Gasteiger partial charge on any atom is 0.234 e. The topological polar surface area (TPSA) is 29.4 Å². The summed E-state index contributed by atoms with van der Waals surface area (Å²) in [6.07, 6.45) is 18.9. The molecule has 0 rings (SSSR count). The van der Waals surface area contributed by atoms with Crippen LogP contribution in [-0.4, -0.2) is 20.0 Å². The van der Waals surface area contributed by atoms with Crippen molar-refractivity contribution >= 4 is 24.5 Å². The molecular weight excluding hydrogens is 310 g/mol. The molecule has 0 spiro atoms. The Morgan fingerprint density at radius 2 is 1.09 bits per heavy atom. The standard InChI is InChI=1S/C18H36ClNOSi/c1-22(2,19)17-15-13-11-9-7-5-3-4-6-8-10-12-14-16-20-18-21/h3-17H2,1-2H3. The minimum absolute atomic E-state index is 0.661. The van der Waals surface area contributed by atoms with Gasteiger partial charge in [0, 0.05) is 0 Å². The third-order valence-corrected chi connectivity index (χ3v) is 6.22. The number of aliphatic imine (C=N–C) groups is 1. The maximum absolute atomic E-state index is 9.88. The van der Waals surface area contributed by atoms with Gasteiger partial charge in [0.2, 0.25) is 6.08 Å². The summed E-state index contributed by atoms with van der Waals surface area (Å²) in [6.45, 7) is 5.15. The summed E-state index contributed by atoms with van der Waals surface area (Å²) in [5.74, 6) is 0. The molecule has 0 fully saturated rings. The molecule has 4 heteroatoms. The Bertz CT molecular complexity index is 285. The van der Waals surface area contributed by atoms with Crippen LogP contribution in [-0.2, 0) is 4.79 Å². The Morgan fingerprint density at radius 3 is 1.45 bits per heavy atom. The van der Waals surface area contributed by atoms with Gasteiger partial charge in [-0.2, -0.15) is 11.1 Å². The lowest BCUT2D eigenvalue weighted by atomic mass is 10.0. The van der Waals surface area contributed by atoms with Gasteiger partial charge in [-0.1, -0.05) is 90.1 Å². The van der Waals surface area contributed by atoms with Crippen molar-refractivity contribution in [1.82, 2.24) is 0 Å². The lowest BCUT2D eigenvalue weighted by Crippen LogP contribution is -2.14. The second kappa shape index (κ2) is 15.8. The number of nitrogens with zero attached hydrogens (tertiary/aromatic N) is 1. The first-order valence-electron chi connectivity index (χ1n) is 9.29. The maximum atomic E-state index is 9.88. The lowest BCUT2D eigenvalue weighted by molar-refractivity contribution is 0.539. The van der Waals surface area contributed by atoms with Gasteiger partial charge in [-0.15, -0.1) is 0 Å². The Balaban J connectivity index is 3.04. The van der Waals surface area contributed by atoms with Crippen LogP contribution in [0.2, 0.25) is 19.1 Å². The van der Waals surface area contributed by atoms with Crippen LogP contribution in [0.3, 0.4) is 0 Å². The average molecular weight is 346 g/mol. The minimum atomic E-state index is -1.31. The average Bonchev–Trinajstić information content (AvgIpc) is 2.45. The van der Waals surface area contributed by atoms with Gasteiger partial charge in [0.25, 0.3) is 0 Å². The summed E-state index contributed by atoms with van der Waals surface area (Å²) in [6, 6.07) is 1.27. The minimum Gasteiger partial charge on any atom is -0.211 e. The van der Waals surface area contributed by atoms with Gasteiger partial charge in [0.05, 0.1) is 6.54 Å². The Morgan fingerprint density at radius 1 is 0.727 bits per heavy atom. The lowest BCUT2D eigenvalue weighted by Gasteiger charge is -2.11. The highest BCUT2D eigenvalue weighted by Crippen LogP contribution is 2.19. The number of isocyanates is 1. The van der Waals surface area contributed by atoms with Crippen LogP contribution in [0.1, 0.15) is 83.5 Å². The summed E-state index contributed by atoms with van der Waals surface area (Å²) in [4.78, 5) is 13.5. The number of rotatable bonds is 16. The summed E-state index contributed by atoms with van der Waals surface area (Å²) < 4.78 is 0. The van der Waals surface area contributed by atoms with Gasteiger partial charge in [0.15, 0.2) is 0 Å². The van der Waals surface area contributed by atoms with Crippen LogP contribution in [0.15, 0.2) is 4.99 Å². The summed E-state index contributed by atoms with van der Waals surface area (Å²) >= 11 is 6.32. The zero-order valence-corrected chi connectivity index (χ0v) is 16.6. The predicted molar refractivity (Wildman–Crippen MR) is 101 cm³/mol. The SMILES string of the molecule is C[Si](C)(Cl)CCCCCCCCCCCCCCCN=C=O. The number of hydrogen-bond donors (Lipinski definition) is 0. The molecule has 0 heterocycles. The van der Waals surface area contributed by atoms with E-state index in [0.717, 1.165) is 6.42 Å². The second-order valence-electron chi connectivity index (χ2n) is 7.04. The highest BCUT2D eigenvalue weighted by molar-refractivity contribution is 7.19. The van der Waals surface area contributed by atoms with Crippen LogP contribution >= 0.6 is 11.1 Å². The summed E-state index contributed by atoms with van der Waals surface area (Å²) in [5, 5.41) is 0. The highest BCUT2D eigenvalue weighted by Gasteiger charge is 2.15. The van der Waals surface area contributed by atoms with E-state index < -0.39 is 7.38 Å². The summed E-state index contributed by atoms with van der Waals surface area (Å²) in [5.41, 5.74) is 0. The fourth-order valence-corrected chi connectivity index (χ4v) is 4.22. The molecule has 2 nitrogen and oxygen atoms in total. The Kier molecular flexibility index (Phi) is 15.7. The van der Waals surface area contributed by atoms with Gasteiger partial charge in [-0.25, -0.2) is 9.79 Å². The molecule has 0 aliphatic rings. The molecule has 0 aromatic rings. The zero-order valence-electron chi connectivity index (χ0n) is 14.8. The molecule has 0 aromatic carbocycles. The van der Waals surface area contributed by atoms with Crippen LogP contribution in [0.5, 0.6) is 0 Å². The van der Waals surface area contributed by atoms with Crippen molar-refractivity contribution in [2.24, 2.45) is 4.99 Å². The molecule has 0 saturated carbocycles. The molecule has 0 bridgehead atoms. The molecule has 0 aromatic heterocycles. The van der Waals surface area contributed by atoms with E-state index in [4.69, 9.17) is 11.1 Å². The van der Waals surface area contributed by atoms with E-state index in [1.165, 1.54) is 83.1 Å². The highest BCUT2D eigenvalue weighted by atomic mass is 35.6. The fraction of sp³-hybridized carbons (Fsp3) is 0.944. The molecule has 0 aliphatic carbocycles. The second-order valence-corrected chi connectivity index (χ2v) is 14.0. The van der Waals surface area contributed by atoms with E-state index in [1.54, 1.807) is 6.08 Å². The molecular formula is C18H36ClNOSi. The third-order valence-electron chi connectivity index (χ3n) is 4.11. The van der Waals surface area contributed by atoms with Crippen LogP contribution in [0.4, 0.5) is 0 Å². The van der Waals surface area contributed by atoms with Crippen molar-refractivity contribution in [2.45, 2.75) is 103 Å². The molecule has 0 amide bonds. The number of unbranched alkanes of at least 4 members (excludes halogenated alkanes) is 12. The number of hydrogen-bond acceptors (Lipinski definition) is 2. The van der Waals surface area contributed by atoms with Gasteiger partial charge in [-0.05, 0) is 12.5 Å². The Labute approximate surface area is 143 Å². The molecule has 0 atom stereocenters. The smallest absolute Gasteiger partial charge is 0.211 e. The van der Waals surface area contributed by atoms with E-state index in [0.29, 0.717) is 6.54 Å². The number of halogens is 1. The molecule has 22 heavy (non-hydrogen) atoms. The van der Waals surface area contributed by atoms with Crippen molar-refractivity contribution in [3.05, 3.63) is 0 Å². The van der Waals surface area contributed by atoms with E-state index in [1.807, 2.05) is 0 Å². The van der Waals surface area contributed by atoms with E-state index in [9.17, 15) is 4.79 Å². The largest absolute Gasteiger partial charge is 0.234 e. The van der Waals surface area contributed by atoms with Crippen molar-refractivity contribution < 1.29 is 4.79 Å². The van der Waals surface area contributed by atoms with Crippen LogP contribution in [0.25, 0.3) is 0 Å². The van der Waals surface area contributed by atoms with Crippen molar-refractivity contribution in [1.29, 1.82) is 0 Å². The van der Waals surface area contributed by atoms with Gasteiger partial charge < -0.3 is 0 Å². The number of carbonyl (C=O) groups excluding carboxylic acids is 1. The molecule has 0 N–H and O–H groups in total. The van der Waals surface area contributed by atoms with Gasteiger partial charge in [-0.3, -0.25) is 0 Å². The van der Waals surface area contributed by atoms with Crippen LogP contribution in [0, 0.1) is 0 Å². The first-order chi connectivity index (χ1) is 10.6. The third kappa shape index (κ3) is 19.9. The van der Waals surface area contributed by atoms with Gasteiger partial charge >= 0.3 is 0 Å². The molecule has 0 saturated heterocycles. The van der Waals surface area contributed by atoms with Crippen molar-refractivity contribution in [3.63, 3.8) is 0 Å². The molecule has 0 aliphatic heterocycles. The first kappa shape index (κ1) is 21.9. The molecule has 0 radical (unpaired) electrons. The van der Waals surface area contributed by atoms with Crippen LogP contribution < -0.4 is 0 Å². The molecule has 0 unspecified atom stereocenters. The zero-order chi connectivity index (χ0) is 16.5. The van der Waals surface area contributed by atoms with Crippen molar-refractivity contribution in [3.8, 4) is 0 Å². The normalized spacial score (nSPS) is 11.4. The van der Waals surface area contributed by atoms with E-state index >= 15 is 0 Å². The van der Waals surface area contributed by atoms with E-state index in [2.05, 4.69) is 18.1 Å². The van der Waals surface area contributed by atoms with E-state index in [-0.39, 0.29) is 0 Å². The quantitative estimate of drug-likeness (QED) is 0.0989. The monoisotopic (exact) mass is 345 g/mol.